The number of guanidine groups is 2. The smallest absolute Gasteiger partial charge is 0.370 e. The molecular formula is C4H9N10+. The van der Waals surface area contributed by atoms with Gasteiger partial charge in [0.25, 0.3) is 5.96 Å². The highest BCUT2D eigenvalue weighted by Crippen LogP contribution is 1.95. The Hall–Kier alpha value is -2.52. The van der Waals surface area contributed by atoms with Crippen LogP contribution in [0.5, 0.6) is 0 Å². The molecule has 0 aliphatic rings. The Labute approximate surface area is 78.1 Å². The molecular weight excluding hydrogens is 188 g/mol. The summed E-state index contributed by atoms with van der Waals surface area (Å²) in [5, 5.41) is 14.1. The molecule has 0 unspecified atom stereocenters. The van der Waals surface area contributed by atoms with Gasteiger partial charge in [0.1, 0.15) is 0 Å². The van der Waals surface area contributed by atoms with Gasteiger partial charge < -0.3 is 22.9 Å². The first kappa shape index (κ1) is 9.57. The SMILES string of the molecule is NC(N)=Nc1nnc([NH+]=C(N)N)nn1. The van der Waals surface area contributed by atoms with Crippen molar-refractivity contribution in [1.29, 1.82) is 0 Å². The summed E-state index contributed by atoms with van der Waals surface area (Å²) < 4.78 is 0. The van der Waals surface area contributed by atoms with Crippen LogP contribution in [0.4, 0.5) is 11.9 Å². The minimum absolute atomic E-state index is 0.0499. The average Bonchev–Trinajstić information content (AvgIpc) is 2.06. The fourth-order valence-corrected chi connectivity index (χ4v) is 0.563. The molecule has 0 spiro atoms. The Balaban J connectivity index is 2.89. The lowest BCUT2D eigenvalue weighted by Crippen LogP contribution is -2.73. The van der Waals surface area contributed by atoms with Crippen molar-refractivity contribution in [3.63, 3.8) is 0 Å². The van der Waals surface area contributed by atoms with Gasteiger partial charge in [-0.25, -0.2) is 4.99 Å². The summed E-state index contributed by atoms with van der Waals surface area (Å²) in [6.07, 6.45) is 0. The molecule has 0 fully saturated rings. The number of hydrogen-bond donors (Lipinski definition) is 5. The molecule has 0 saturated carbocycles. The number of aliphatic imine (C=N–C) groups is 1. The van der Waals surface area contributed by atoms with Crippen molar-refractivity contribution in [3.8, 4) is 0 Å². The van der Waals surface area contributed by atoms with Crippen molar-refractivity contribution in [3.05, 3.63) is 0 Å². The fourth-order valence-electron chi connectivity index (χ4n) is 0.563. The highest BCUT2D eigenvalue weighted by Gasteiger charge is 2.03. The van der Waals surface area contributed by atoms with Crippen molar-refractivity contribution in [2.45, 2.75) is 0 Å². The van der Waals surface area contributed by atoms with Crippen LogP contribution in [0.1, 0.15) is 0 Å². The maximum Gasteiger partial charge on any atom is 0.396 e. The molecule has 1 aromatic heterocycles. The molecule has 0 bridgehead atoms. The van der Waals surface area contributed by atoms with E-state index in [4.69, 9.17) is 22.9 Å². The van der Waals surface area contributed by atoms with Crippen LogP contribution < -0.4 is 27.9 Å². The number of nitrogens with one attached hydrogen (secondary N) is 1. The number of hydrogen-bond acceptors (Lipinski definition) is 5. The lowest BCUT2D eigenvalue weighted by Gasteiger charge is -1.88. The summed E-state index contributed by atoms with van der Waals surface area (Å²) >= 11 is 0. The van der Waals surface area contributed by atoms with E-state index in [1.54, 1.807) is 0 Å². The van der Waals surface area contributed by atoms with Gasteiger partial charge in [0.05, 0.1) is 0 Å². The zero-order valence-corrected chi connectivity index (χ0v) is 7.05. The Morgan fingerprint density at radius 1 is 1.00 bits per heavy atom. The minimum Gasteiger partial charge on any atom is -0.370 e. The summed E-state index contributed by atoms with van der Waals surface area (Å²) in [5.74, 6) is -0.243. The van der Waals surface area contributed by atoms with Gasteiger partial charge in [-0.05, 0) is 10.2 Å². The standard InChI is InChI=1S/C4H8N10/c5-1(6)9-3-11-13-4(14-12-3)10-2(7)8/h(H4,5,6,9,11,12)(H4,7,8,10,13,14)/p+1. The predicted molar refractivity (Wildman–Crippen MR) is 47.1 cm³/mol. The molecule has 14 heavy (non-hydrogen) atoms. The van der Waals surface area contributed by atoms with E-state index in [0.717, 1.165) is 0 Å². The Kier molecular flexibility index (Phi) is 2.69. The summed E-state index contributed by atoms with van der Waals surface area (Å²) in [4.78, 5) is 5.91. The van der Waals surface area contributed by atoms with Crippen LogP contribution in [-0.2, 0) is 0 Å². The molecule has 0 saturated heterocycles. The second kappa shape index (κ2) is 3.93. The van der Waals surface area contributed by atoms with Gasteiger partial charge in [-0.2, -0.15) is 4.99 Å². The topological polar surface area (TPSA) is 182 Å². The number of rotatable bonds is 2. The average molecular weight is 197 g/mol. The first-order chi connectivity index (χ1) is 6.58. The van der Waals surface area contributed by atoms with Crippen LogP contribution in [0.3, 0.4) is 0 Å². The lowest BCUT2D eigenvalue weighted by molar-refractivity contribution is -0.368. The molecule has 1 rings (SSSR count). The maximum absolute atomic E-state index is 5.12. The van der Waals surface area contributed by atoms with Crippen molar-refractivity contribution < 1.29 is 4.99 Å². The first-order valence-corrected chi connectivity index (χ1v) is 3.40. The molecule has 0 atom stereocenters. The van der Waals surface area contributed by atoms with Gasteiger partial charge in [-0.1, -0.05) is 10.2 Å². The highest BCUT2D eigenvalue weighted by atomic mass is 15.4. The van der Waals surface area contributed by atoms with Crippen LogP contribution in [-0.4, -0.2) is 32.3 Å². The van der Waals surface area contributed by atoms with E-state index in [1.165, 1.54) is 0 Å². The summed E-state index contributed by atoms with van der Waals surface area (Å²) in [6.45, 7) is 0. The largest absolute Gasteiger partial charge is 0.396 e. The van der Waals surface area contributed by atoms with E-state index in [0.29, 0.717) is 0 Å². The van der Waals surface area contributed by atoms with Gasteiger partial charge >= 0.3 is 11.9 Å². The monoisotopic (exact) mass is 197 g/mol. The van der Waals surface area contributed by atoms with Crippen LogP contribution in [0.25, 0.3) is 0 Å². The van der Waals surface area contributed by atoms with Gasteiger partial charge in [0.15, 0.2) is 5.96 Å². The van der Waals surface area contributed by atoms with Gasteiger partial charge in [0, 0.05) is 0 Å². The fraction of sp³-hybridized carbons (Fsp3) is 0. The van der Waals surface area contributed by atoms with Crippen LogP contribution in [0, 0.1) is 0 Å². The van der Waals surface area contributed by atoms with Crippen LogP contribution in [0.15, 0.2) is 4.99 Å². The molecule has 10 heteroatoms. The summed E-state index contributed by atoms with van der Waals surface area (Å²) in [7, 11) is 0. The van der Waals surface area contributed by atoms with E-state index >= 15 is 0 Å². The maximum atomic E-state index is 5.12. The zero-order chi connectivity index (χ0) is 10.6. The van der Waals surface area contributed by atoms with Crippen molar-refractivity contribution in [2.24, 2.45) is 27.9 Å². The second-order valence-electron chi connectivity index (χ2n) is 2.14. The van der Waals surface area contributed by atoms with Crippen molar-refractivity contribution in [1.82, 2.24) is 20.4 Å². The van der Waals surface area contributed by atoms with E-state index in [1.807, 2.05) is 0 Å². The van der Waals surface area contributed by atoms with E-state index in [9.17, 15) is 0 Å². The third-order valence-corrected chi connectivity index (χ3v) is 0.954. The summed E-state index contributed by atoms with van der Waals surface area (Å²) in [6, 6.07) is 0. The Morgan fingerprint density at radius 2 is 1.57 bits per heavy atom. The van der Waals surface area contributed by atoms with Gasteiger partial charge in [-0.15, -0.1) is 0 Å². The molecule has 74 valence electrons. The van der Waals surface area contributed by atoms with E-state index in [-0.39, 0.29) is 23.8 Å². The predicted octanol–water partition coefficient (Wildman–Crippen LogP) is -4.84. The van der Waals surface area contributed by atoms with Crippen LogP contribution in [0.2, 0.25) is 0 Å². The highest BCUT2D eigenvalue weighted by molar-refractivity contribution is 5.77. The van der Waals surface area contributed by atoms with Crippen molar-refractivity contribution in [2.75, 3.05) is 0 Å². The zero-order valence-electron chi connectivity index (χ0n) is 7.05. The molecule has 10 nitrogen and oxygen atoms in total. The summed E-state index contributed by atoms with van der Waals surface area (Å²) in [5.41, 5.74) is 20.4. The van der Waals surface area contributed by atoms with Crippen molar-refractivity contribution >= 4 is 23.8 Å². The second-order valence-corrected chi connectivity index (χ2v) is 2.14. The van der Waals surface area contributed by atoms with Crippen LogP contribution >= 0.6 is 0 Å². The number of nitrogens with two attached hydrogens (primary N) is 4. The Morgan fingerprint density at radius 3 is 2.00 bits per heavy atom. The molecule has 0 radical (unpaired) electrons. The lowest BCUT2D eigenvalue weighted by atomic mass is 10.9. The molecule has 0 aromatic carbocycles. The molecule has 1 aromatic rings. The quantitative estimate of drug-likeness (QED) is 0.231. The van der Waals surface area contributed by atoms with E-state index in [2.05, 4.69) is 30.4 Å². The molecule has 0 aliphatic heterocycles. The van der Waals surface area contributed by atoms with Gasteiger partial charge in [0.2, 0.25) is 0 Å². The minimum atomic E-state index is -0.181. The van der Waals surface area contributed by atoms with E-state index < -0.39 is 0 Å². The molecule has 0 aliphatic carbocycles. The third-order valence-electron chi connectivity index (χ3n) is 0.954. The molecule has 9 N–H and O–H groups in total. The molecule has 1 heterocycles. The number of nitrogens with zero attached hydrogens (tertiary/aromatic N) is 5. The van der Waals surface area contributed by atoms with Gasteiger partial charge in [-0.3, -0.25) is 0 Å². The Bertz CT molecular complexity index is 317. The molecule has 0 amide bonds. The number of aromatic nitrogens is 4. The first-order valence-electron chi connectivity index (χ1n) is 3.40. The normalized spacial score (nSPS) is 9.14. The third kappa shape index (κ3) is 2.84.